The monoisotopic (exact) mass is 368 g/mol. The van der Waals surface area contributed by atoms with E-state index in [9.17, 15) is 14.4 Å². The van der Waals surface area contributed by atoms with Crippen LogP contribution in [0.15, 0.2) is 23.3 Å². The molecule has 7 rings (SSSR count). The predicted molar refractivity (Wildman–Crippen MR) is 94.4 cm³/mol. The molecular weight excluding hydrogens is 344 g/mol. The zero-order valence-electron chi connectivity index (χ0n) is 15.5. The lowest BCUT2D eigenvalue weighted by atomic mass is 9.43. The Kier molecular flexibility index (Phi) is 3.12. The zero-order valence-corrected chi connectivity index (χ0v) is 15.5. The van der Waals surface area contributed by atoms with Gasteiger partial charge in [0, 0.05) is 22.5 Å². The fourth-order valence-corrected chi connectivity index (χ4v) is 7.47. The number of ketones is 2. The Hall–Kier alpha value is -1.75. The molecule has 0 aromatic carbocycles. The lowest BCUT2D eigenvalue weighted by molar-refractivity contribution is -0.187. The van der Waals surface area contributed by atoms with Crippen LogP contribution in [0, 0.1) is 35.0 Å². The highest BCUT2D eigenvalue weighted by atomic mass is 16.6. The SMILES string of the molecule is C[C@@H]1COC2C3=C(C(=O)C=CC3=O)[C@H]3OC(=O)C4CC[C@H]5CC1CC[C@@]25C43. The second kappa shape index (κ2) is 5.19. The van der Waals surface area contributed by atoms with E-state index < -0.39 is 6.10 Å². The molecule has 2 saturated carbocycles. The highest BCUT2D eigenvalue weighted by molar-refractivity contribution is 6.21. The quantitative estimate of drug-likeness (QED) is 0.485. The van der Waals surface area contributed by atoms with Crippen molar-refractivity contribution in [1.82, 2.24) is 0 Å². The van der Waals surface area contributed by atoms with Gasteiger partial charge in [-0.2, -0.15) is 0 Å². The molecule has 27 heavy (non-hydrogen) atoms. The number of carbonyl (C=O) groups is 3. The molecule has 0 aromatic heterocycles. The summed E-state index contributed by atoms with van der Waals surface area (Å²) in [6, 6.07) is 0. The number of rotatable bonds is 0. The van der Waals surface area contributed by atoms with E-state index in [4.69, 9.17) is 9.47 Å². The highest BCUT2D eigenvalue weighted by Gasteiger charge is 2.70. The molecule has 4 aliphatic carbocycles. The number of hydrogen-bond donors (Lipinski definition) is 0. The van der Waals surface area contributed by atoms with Gasteiger partial charge in [0.15, 0.2) is 11.6 Å². The summed E-state index contributed by atoms with van der Waals surface area (Å²) in [6.45, 7) is 2.86. The third kappa shape index (κ3) is 1.82. The number of allylic oxidation sites excluding steroid dienone is 2. The molecule has 2 bridgehead atoms. The fourth-order valence-electron chi connectivity index (χ4n) is 7.47. The summed E-state index contributed by atoms with van der Waals surface area (Å²) in [5.74, 6) is 0.846. The van der Waals surface area contributed by atoms with Crippen LogP contribution in [0.4, 0.5) is 0 Å². The van der Waals surface area contributed by atoms with Gasteiger partial charge in [-0.1, -0.05) is 6.92 Å². The number of carbonyl (C=O) groups excluding carboxylic acids is 3. The van der Waals surface area contributed by atoms with Crippen molar-refractivity contribution in [1.29, 1.82) is 0 Å². The van der Waals surface area contributed by atoms with E-state index in [-0.39, 0.29) is 40.9 Å². The summed E-state index contributed by atoms with van der Waals surface area (Å²) < 4.78 is 12.3. The third-order valence-electron chi connectivity index (χ3n) is 8.62. The van der Waals surface area contributed by atoms with Crippen molar-refractivity contribution in [3.05, 3.63) is 23.3 Å². The van der Waals surface area contributed by atoms with Crippen molar-refractivity contribution < 1.29 is 23.9 Å². The normalized spacial score (nSPS) is 50.1. The maximum absolute atomic E-state index is 12.9. The minimum atomic E-state index is -0.560. The number of esters is 1. The first-order valence-corrected chi connectivity index (χ1v) is 10.3. The molecular formula is C22H24O5. The van der Waals surface area contributed by atoms with Crippen LogP contribution in [0.5, 0.6) is 0 Å². The van der Waals surface area contributed by atoms with Gasteiger partial charge in [0.05, 0.1) is 18.6 Å². The Morgan fingerprint density at radius 3 is 2.63 bits per heavy atom. The lowest BCUT2D eigenvalue weighted by Crippen LogP contribution is -2.64. The van der Waals surface area contributed by atoms with Gasteiger partial charge >= 0.3 is 5.97 Å². The molecule has 3 aliphatic heterocycles. The van der Waals surface area contributed by atoms with Crippen molar-refractivity contribution in [3.8, 4) is 0 Å². The largest absolute Gasteiger partial charge is 0.457 e. The van der Waals surface area contributed by atoms with Gasteiger partial charge in [-0.05, 0) is 62.0 Å². The van der Waals surface area contributed by atoms with Crippen LogP contribution in [0.3, 0.4) is 0 Å². The minimum Gasteiger partial charge on any atom is -0.457 e. The first-order chi connectivity index (χ1) is 13.0. The Bertz CT molecular complexity index is 838. The van der Waals surface area contributed by atoms with Crippen molar-refractivity contribution in [2.75, 3.05) is 6.61 Å². The molecule has 5 nitrogen and oxygen atoms in total. The molecule has 3 heterocycles. The molecule has 5 fully saturated rings. The van der Waals surface area contributed by atoms with Crippen LogP contribution >= 0.6 is 0 Å². The van der Waals surface area contributed by atoms with E-state index in [0.717, 1.165) is 32.1 Å². The van der Waals surface area contributed by atoms with Crippen LogP contribution in [0.25, 0.3) is 0 Å². The van der Waals surface area contributed by atoms with Crippen molar-refractivity contribution >= 4 is 17.5 Å². The number of hydrogen-bond acceptors (Lipinski definition) is 5. The molecule has 3 saturated heterocycles. The minimum absolute atomic E-state index is 0.0230. The summed E-state index contributed by atoms with van der Waals surface area (Å²) in [5.41, 5.74) is 0.669. The molecule has 0 aromatic rings. The van der Waals surface area contributed by atoms with Crippen LogP contribution < -0.4 is 0 Å². The van der Waals surface area contributed by atoms with Crippen LogP contribution in [-0.4, -0.2) is 36.4 Å². The van der Waals surface area contributed by atoms with Crippen molar-refractivity contribution in [3.63, 3.8) is 0 Å². The van der Waals surface area contributed by atoms with Crippen LogP contribution in [0.2, 0.25) is 0 Å². The van der Waals surface area contributed by atoms with Gasteiger partial charge < -0.3 is 9.47 Å². The predicted octanol–water partition coefficient (Wildman–Crippen LogP) is 2.39. The topological polar surface area (TPSA) is 69.7 Å². The summed E-state index contributed by atoms with van der Waals surface area (Å²) >= 11 is 0. The lowest BCUT2D eigenvalue weighted by Gasteiger charge is -2.62. The Morgan fingerprint density at radius 2 is 1.81 bits per heavy atom. The van der Waals surface area contributed by atoms with Gasteiger partial charge in [0.2, 0.25) is 0 Å². The fraction of sp³-hybridized carbons (Fsp3) is 0.682. The summed E-state index contributed by atoms with van der Waals surface area (Å²) in [4.78, 5) is 38.4. The molecule has 5 heteroatoms. The summed E-state index contributed by atoms with van der Waals surface area (Å²) in [7, 11) is 0. The van der Waals surface area contributed by atoms with Gasteiger partial charge in [-0.3, -0.25) is 14.4 Å². The van der Waals surface area contributed by atoms with Crippen molar-refractivity contribution in [2.45, 2.75) is 51.2 Å². The van der Waals surface area contributed by atoms with Gasteiger partial charge in [0.25, 0.3) is 0 Å². The Morgan fingerprint density at radius 1 is 1.04 bits per heavy atom. The van der Waals surface area contributed by atoms with E-state index in [1.807, 2.05) is 0 Å². The first kappa shape index (κ1) is 16.2. The summed E-state index contributed by atoms with van der Waals surface area (Å²) in [6.07, 6.45) is 6.83. The van der Waals surface area contributed by atoms with Gasteiger partial charge in [-0.25, -0.2) is 0 Å². The highest BCUT2D eigenvalue weighted by Crippen LogP contribution is 2.67. The first-order valence-electron chi connectivity index (χ1n) is 10.3. The average Bonchev–Trinajstić information content (AvgIpc) is 2.99. The second-order valence-corrected chi connectivity index (χ2v) is 9.49. The van der Waals surface area contributed by atoms with Crippen molar-refractivity contribution in [2.24, 2.45) is 35.0 Å². The Balaban J connectivity index is 1.62. The number of fused-ring (bicyclic) bond motifs is 4. The van der Waals surface area contributed by atoms with E-state index >= 15 is 0 Å². The molecule has 8 atom stereocenters. The number of ether oxygens (including phenoxy) is 2. The maximum atomic E-state index is 12.9. The van der Waals surface area contributed by atoms with E-state index in [2.05, 4.69) is 6.92 Å². The van der Waals surface area contributed by atoms with Crippen LogP contribution in [-0.2, 0) is 23.9 Å². The standard InChI is InChI=1S/C22H24O5/c1-10-9-26-20-17-15(24)5-4-14(23)16(17)19-18-13(21(25)27-19)3-2-12-8-11(10)6-7-22(12,18)20/h4-5,10-13,18-20H,2-3,6-9H2,1H3/t10-,11?,12+,13?,18?,19-,20?,22-/m1/s1. The molecule has 142 valence electrons. The third-order valence-corrected chi connectivity index (χ3v) is 8.62. The molecule has 7 aliphatic rings. The smallest absolute Gasteiger partial charge is 0.310 e. The van der Waals surface area contributed by atoms with E-state index in [0.29, 0.717) is 35.5 Å². The zero-order chi connectivity index (χ0) is 18.5. The molecule has 4 unspecified atom stereocenters. The molecule has 0 N–H and O–H groups in total. The average molecular weight is 368 g/mol. The molecule has 0 radical (unpaired) electrons. The van der Waals surface area contributed by atoms with Gasteiger partial charge in [-0.15, -0.1) is 0 Å². The van der Waals surface area contributed by atoms with E-state index in [1.165, 1.54) is 12.2 Å². The molecule has 1 spiro atoms. The van der Waals surface area contributed by atoms with Gasteiger partial charge in [0.1, 0.15) is 6.10 Å². The molecule has 0 amide bonds. The Labute approximate surface area is 158 Å². The van der Waals surface area contributed by atoms with Crippen LogP contribution in [0.1, 0.15) is 39.0 Å². The maximum Gasteiger partial charge on any atom is 0.310 e. The second-order valence-electron chi connectivity index (χ2n) is 9.49. The van der Waals surface area contributed by atoms with E-state index in [1.54, 1.807) is 0 Å². The summed E-state index contributed by atoms with van der Waals surface area (Å²) in [5, 5.41) is 0.